The van der Waals surface area contributed by atoms with Gasteiger partial charge < -0.3 is 10.6 Å². The molecule has 1 amide bonds. The van der Waals surface area contributed by atoms with Crippen LogP contribution in [0.2, 0.25) is 0 Å². The summed E-state index contributed by atoms with van der Waals surface area (Å²) in [5, 5.41) is 0. The van der Waals surface area contributed by atoms with E-state index in [1.807, 2.05) is 9.80 Å². The van der Waals surface area contributed by atoms with Crippen molar-refractivity contribution >= 4 is 11.6 Å². The van der Waals surface area contributed by atoms with E-state index in [9.17, 15) is 18.0 Å². The third-order valence-corrected chi connectivity index (χ3v) is 3.29. The molecule has 0 aromatic heterocycles. The number of halogens is 3. The largest absolute Gasteiger partial charge is 0.416 e. The Bertz CT molecular complexity index is 482. The van der Waals surface area contributed by atoms with Crippen LogP contribution in [0.25, 0.3) is 0 Å². The third kappa shape index (κ3) is 3.63. The molecule has 0 radical (unpaired) electrons. The summed E-state index contributed by atoms with van der Waals surface area (Å²) < 4.78 is 38.0. The molecule has 0 bridgehead atoms. The highest BCUT2D eigenvalue weighted by atomic mass is 19.4. The van der Waals surface area contributed by atoms with Crippen molar-refractivity contribution in [2.45, 2.75) is 6.18 Å². The molecule has 1 aromatic rings. The second-order valence-electron chi connectivity index (χ2n) is 4.78. The number of alkyl halides is 3. The standard InChI is InChI=1S/C13H16F3N3O/c14-13(15,16)10-2-1-3-11(8-10)19-6-4-18(5-7-19)9-12(17)20/h1-3,8H,4-7,9H2,(H2,17,20). The number of nitrogens with zero attached hydrogens (tertiary/aromatic N) is 2. The van der Waals surface area contributed by atoms with Crippen LogP contribution in [-0.2, 0) is 11.0 Å². The maximum absolute atomic E-state index is 12.7. The summed E-state index contributed by atoms with van der Waals surface area (Å²) in [7, 11) is 0. The topological polar surface area (TPSA) is 49.6 Å². The predicted octanol–water partition coefficient (Wildman–Crippen LogP) is 1.31. The van der Waals surface area contributed by atoms with Gasteiger partial charge in [-0.2, -0.15) is 13.2 Å². The number of carbonyl (C=O) groups is 1. The molecule has 0 saturated carbocycles. The lowest BCUT2D eigenvalue weighted by atomic mass is 10.1. The van der Waals surface area contributed by atoms with E-state index in [0.717, 1.165) is 12.1 Å². The van der Waals surface area contributed by atoms with Gasteiger partial charge in [0.1, 0.15) is 0 Å². The Hall–Kier alpha value is -1.76. The van der Waals surface area contributed by atoms with E-state index in [2.05, 4.69) is 0 Å². The third-order valence-electron chi connectivity index (χ3n) is 3.29. The van der Waals surface area contributed by atoms with Gasteiger partial charge >= 0.3 is 6.18 Å². The van der Waals surface area contributed by atoms with Crippen LogP contribution in [0, 0.1) is 0 Å². The number of nitrogens with two attached hydrogens (primary N) is 1. The summed E-state index contributed by atoms with van der Waals surface area (Å²) >= 11 is 0. The molecule has 0 atom stereocenters. The number of anilines is 1. The summed E-state index contributed by atoms with van der Waals surface area (Å²) in [4.78, 5) is 14.6. The summed E-state index contributed by atoms with van der Waals surface area (Å²) in [6.45, 7) is 2.57. The first-order valence-corrected chi connectivity index (χ1v) is 6.29. The van der Waals surface area contributed by atoms with Gasteiger partial charge in [0.15, 0.2) is 0 Å². The fourth-order valence-electron chi connectivity index (χ4n) is 2.26. The average Bonchev–Trinajstić information content (AvgIpc) is 2.38. The number of amides is 1. The van der Waals surface area contributed by atoms with Crippen molar-refractivity contribution in [2.24, 2.45) is 5.73 Å². The lowest BCUT2D eigenvalue weighted by Gasteiger charge is -2.35. The summed E-state index contributed by atoms with van der Waals surface area (Å²) in [6.07, 6.45) is -4.33. The first-order chi connectivity index (χ1) is 9.36. The lowest BCUT2D eigenvalue weighted by Crippen LogP contribution is -2.48. The van der Waals surface area contributed by atoms with Gasteiger partial charge in [-0.3, -0.25) is 9.69 Å². The molecular weight excluding hydrogens is 271 g/mol. The Morgan fingerprint density at radius 2 is 1.85 bits per heavy atom. The predicted molar refractivity (Wildman–Crippen MR) is 69.3 cm³/mol. The first-order valence-electron chi connectivity index (χ1n) is 6.29. The van der Waals surface area contributed by atoms with Crippen molar-refractivity contribution in [3.05, 3.63) is 29.8 Å². The Morgan fingerprint density at radius 1 is 1.20 bits per heavy atom. The number of hydrogen-bond acceptors (Lipinski definition) is 3. The molecule has 110 valence electrons. The number of hydrogen-bond donors (Lipinski definition) is 1. The van der Waals surface area contributed by atoms with Gasteiger partial charge in [0.25, 0.3) is 0 Å². The van der Waals surface area contributed by atoms with Crippen LogP contribution >= 0.6 is 0 Å². The molecule has 1 aromatic carbocycles. The van der Waals surface area contributed by atoms with Gasteiger partial charge in [-0.1, -0.05) is 6.07 Å². The smallest absolute Gasteiger partial charge is 0.369 e. The maximum Gasteiger partial charge on any atom is 0.416 e. The van der Waals surface area contributed by atoms with Gasteiger partial charge in [0.2, 0.25) is 5.91 Å². The normalized spacial score (nSPS) is 17.2. The minimum Gasteiger partial charge on any atom is -0.369 e. The van der Waals surface area contributed by atoms with Crippen molar-refractivity contribution in [3.8, 4) is 0 Å². The van der Waals surface area contributed by atoms with Gasteiger partial charge in [-0.25, -0.2) is 0 Å². The molecule has 1 heterocycles. The fraction of sp³-hybridized carbons (Fsp3) is 0.462. The highest BCUT2D eigenvalue weighted by Gasteiger charge is 2.31. The van der Waals surface area contributed by atoms with Crippen molar-refractivity contribution in [3.63, 3.8) is 0 Å². The van der Waals surface area contributed by atoms with E-state index in [1.165, 1.54) is 6.07 Å². The Morgan fingerprint density at radius 3 is 2.40 bits per heavy atom. The van der Waals surface area contributed by atoms with Crippen LogP contribution in [0.3, 0.4) is 0 Å². The molecular formula is C13H16F3N3O. The number of benzene rings is 1. The summed E-state index contributed by atoms with van der Waals surface area (Å²) in [5.41, 5.74) is 5.03. The van der Waals surface area contributed by atoms with Crippen molar-refractivity contribution in [1.29, 1.82) is 0 Å². The van der Waals surface area contributed by atoms with Gasteiger partial charge in [-0.05, 0) is 18.2 Å². The minimum atomic E-state index is -4.33. The van der Waals surface area contributed by atoms with Gasteiger partial charge in [0, 0.05) is 31.9 Å². The van der Waals surface area contributed by atoms with E-state index in [-0.39, 0.29) is 6.54 Å². The molecule has 0 aliphatic carbocycles. The molecule has 1 aliphatic heterocycles. The van der Waals surface area contributed by atoms with Crippen LogP contribution in [0.1, 0.15) is 5.56 Å². The second kappa shape index (κ2) is 5.70. The highest BCUT2D eigenvalue weighted by Crippen LogP contribution is 2.31. The fourth-order valence-corrected chi connectivity index (χ4v) is 2.26. The molecule has 0 spiro atoms. The lowest BCUT2D eigenvalue weighted by molar-refractivity contribution is -0.137. The Labute approximate surface area is 114 Å². The Kier molecular flexibility index (Phi) is 4.17. The molecule has 4 nitrogen and oxygen atoms in total. The van der Waals surface area contributed by atoms with Crippen molar-refractivity contribution in [1.82, 2.24) is 4.90 Å². The van der Waals surface area contributed by atoms with Crippen LogP contribution in [0.15, 0.2) is 24.3 Å². The average molecular weight is 287 g/mol. The van der Waals surface area contributed by atoms with E-state index < -0.39 is 17.6 Å². The van der Waals surface area contributed by atoms with E-state index in [0.29, 0.717) is 31.9 Å². The zero-order valence-electron chi connectivity index (χ0n) is 10.9. The molecule has 0 unspecified atom stereocenters. The quantitative estimate of drug-likeness (QED) is 0.912. The molecule has 1 fully saturated rings. The molecule has 2 rings (SSSR count). The van der Waals surface area contributed by atoms with E-state index >= 15 is 0 Å². The maximum atomic E-state index is 12.7. The highest BCUT2D eigenvalue weighted by molar-refractivity contribution is 5.75. The van der Waals surface area contributed by atoms with Crippen molar-refractivity contribution in [2.75, 3.05) is 37.6 Å². The molecule has 1 saturated heterocycles. The van der Waals surface area contributed by atoms with Crippen molar-refractivity contribution < 1.29 is 18.0 Å². The first kappa shape index (κ1) is 14.6. The molecule has 20 heavy (non-hydrogen) atoms. The summed E-state index contributed by atoms with van der Waals surface area (Å²) in [6, 6.07) is 5.30. The number of carbonyl (C=O) groups excluding carboxylic acids is 1. The van der Waals surface area contributed by atoms with E-state index in [1.54, 1.807) is 6.07 Å². The number of piperazine rings is 1. The Balaban J connectivity index is 2.02. The van der Waals surface area contributed by atoms with Gasteiger partial charge in [-0.15, -0.1) is 0 Å². The van der Waals surface area contributed by atoms with Crippen LogP contribution in [-0.4, -0.2) is 43.5 Å². The molecule has 7 heteroatoms. The zero-order valence-corrected chi connectivity index (χ0v) is 10.9. The van der Waals surface area contributed by atoms with Crippen LogP contribution in [0.5, 0.6) is 0 Å². The van der Waals surface area contributed by atoms with Crippen LogP contribution < -0.4 is 10.6 Å². The van der Waals surface area contributed by atoms with Gasteiger partial charge in [0.05, 0.1) is 12.1 Å². The number of primary amides is 1. The zero-order chi connectivity index (χ0) is 14.8. The number of rotatable bonds is 3. The molecule has 2 N–H and O–H groups in total. The minimum absolute atomic E-state index is 0.191. The monoisotopic (exact) mass is 287 g/mol. The van der Waals surface area contributed by atoms with Crippen LogP contribution in [0.4, 0.5) is 18.9 Å². The van der Waals surface area contributed by atoms with E-state index in [4.69, 9.17) is 5.73 Å². The second-order valence-corrected chi connectivity index (χ2v) is 4.78. The SMILES string of the molecule is NC(=O)CN1CCN(c2cccc(C(F)(F)F)c2)CC1. The molecule has 1 aliphatic rings. The summed E-state index contributed by atoms with van der Waals surface area (Å²) in [5.74, 6) is -0.391.